The second-order valence-electron chi connectivity index (χ2n) is 9.98. The number of anilines is 3. The number of hydrogen-bond donors (Lipinski definition) is 3. The van der Waals surface area contributed by atoms with Crippen LogP contribution in [0.5, 0.6) is 0 Å². The van der Waals surface area contributed by atoms with Gasteiger partial charge >= 0.3 is 12.0 Å². The second kappa shape index (κ2) is 13.1. The SMILES string of the molecule is COC(=O)CCCCCNC(=O)Nc1ccc(Nc2ncc3cc(C(=O)N(C)C)n(C4CCCC4)c3n2)cc1. The molecule has 1 aromatic carbocycles. The van der Waals surface area contributed by atoms with Crippen molar-refractivity contribution in [3.63, 3.8) is 0 Å². The van der Waals surface area contributed by atoms with Gasteiger partial charge < -0.3 is 30.2 Å². The van der Waals surface area contributed by atoms with Crippen molar-refractivity contribution in [1.82, 2.24) is 24.8 Å². The van der Waals surface area contributed by atoms with Gasteiger partial charge in [0.2, 0.25) is 5.95 Å². The molecule has 1 fully saturated rings. The highest BCUT2D eigenvalue weighted by atomic mass is 16.5. The van der Waals surface area contributed by atoms with Crippen molar-refractivity contribution in [1.29, 1.82) is 0 Å². The van der Waals surface area contributed by atoms with Gasteiger partial charge in [-0.2, -0.15) is 4.98 Å². The second-order valence-corrected chi connectivity index (χ2v) is 9.98. The van der Waals surface area contributed by atoms with Crippen LogP contribution in [0.25, 0.3) is 11.0 Å². The third-order valence-corrected chi connectivity index (χ3v) is 6.86. The smallest absolute Gasteiger partial charge is 0.319 e. The molecule has 11 heteroatoms. The Morgan fingerprint density at radius 3 is 2.46 bits per heavy atom. The molecule has 0 saturated heterocycles. The molecule has 0 atom stereocenters. The molecular weight excluding hydrogens is 498 g/mol. The van der Waals surface area contributed by atoms with E-state index in [1.165, 1.54) is 7.11 Å². The lowest BCUT2D eigenvalue weighted by Gasteiger charge is -2.19. The fourth-order valence-corrected chi connectivity index (χ4v) is 4.81. The van der Waals surface area contributed by atoms with Crippen molar-refractivity contribution in [3.05, 3.63) is 42.2 Å². The lowest BCUT2D eigenvalue weighted by atomic mass is 10.2. The molecule has 0 unspecified atom stereocenters. The first-order chi connectivity index (χ1) is 18.9. The van der Waals surface area contributed by atoms with Crippen LogP contribution >= 0.6 is 0 Å². The first kappa shape index (κ1) is 27.9. The maximum absolute atomic E-state index is 12.9. The highest BCUT2D eigenvalue weighted by Gasteiger charge is 2.26. The lowest BCUT2D eigenvalue weighted by molar-refractivity contribution is -0.140. The van der Waals surface area contributed by atoms with Crippen LogP contribution in [0, 0.1) is 0 Å². The number of methoxy groups -OCH3 is 1. The lowest BCUT2D eigenvalue weighted by Crippen LogP contribution is -2.29. The van der Waals surface area contributed by atoms with Crippen LogP contribution in [0.3, 0.4) is 0 Å². The molecular formula is C28H37N7O4. The van der Waals surface area contributed by atoms with E-state index in [1.54, 1.807) is 37.3 Å². The maximum Gasteiger partial charge on any atom is 0.319 e. The summed E-state index contributed by atoms with van der Waals surface area (Å²) in [5.74, 6) is 0.185. The van der Waals surface area contributed by atoms with Crippen LogP contribution in [0.2, 0.25) is 0 Å². The Kier molecular flexibility index (Phi) is 9.35. The number of aromatic nitrogens is 3. The molecule has 3 N–H and O–H groups in total. The van der Waals surface area contributed by atoms with Gasteiger partial charge in [0.1, 0.15) is 11.3 Å². The number of unbranched alkanes of at least 4 members (excludes halogenated alkanes) is 2. The number of hydrogen-bond acceptors (Lipinski definition) is 7. The number of rotatable bonds is 11. The van der Waals surface area contributed by atoms with Crippen LogP contribution in [-0.4, -0.2) is 65.1 Å². The largest absolute Gasteiger partial charge is 0.469 e. The summed E-state index contributed by atoms with van der Waals surface area (Å²) in [4.78, 5) is 47.0. The quantitative estimate of drug-likeness (QED) is 0.236. The summed E-state index contributed by atoms with van der Waals surface area (Å²) >= 11 is 0. The summed E-state index contributed by atoms with van der Waals surface area (Å²) < 4.78 is 6.70. The van der Waals surface area contributed by atoms with Crippen LogP contribution in [-0.2, 0) is 9.53 Å². The van der Waals surface area contributed by atoms with Gasteiger partial charge in [0.25, 0.3) is 5.91 Å². The predicted molar refractivity (Wildman–Crippen MR) is 150 cm³/mol. The number of nitrogens with zero attached hydrogens (tertiary/aromatic N) is 4. The summed E-state index contributed by atoms with van der Waals surface area (Å²) in [6.45, 7) is 0.525. The first-order valence-electron chi connectivity index (χ1n) is 13.4. The average molecular weight is 536 g/mol. The van der Waals surface area contributed by atoms with Gasteiger partial charge in [-0.3, -0.25) is 9.59 Å². The van der Waals surface area contributed by atoms with Gasteiger partial charge in [0.05, 0.1) is 7.11 Å². The summed E-state index contributed by atoms with van der Waals surface area (Å²) in [5.41, 5.74) is 2.82. The number of carbonyl (C=O) groups is 3. The number of nitrogens with one attached hydrogen (secondary N) is 3. The zero-order valence-corrected chi connectivity index (χ0v) is 22.8. The van der Waals surface area contributed by atoms with Crippen LogP contribution in [0.1, 0.15) is 67.9 Å². The Morgan fingerprint density at radius 1 is 1.05 bits per heavy atom. The van der Waals surface area contributed by atoms with E-state index in [0.29, 0.717) is 30.3 Å². The van der Waals surface area contributed by atoms with E-state index in [4.69, 9.17) is 4.98 Å². The van der Waals surface area contributed by atoms with E-state index in [-0.39, 0.29) is 23.9 Å². The third-order valence-electron chi connectivity index (χ3n) is 6.86. The highest BCUT2D eigenvalue weighted by molar-refractivity contribution is 5.98. The molecule has 2 heterocycles. The minimum atomic E-state index is -0.284. The van der Waals surface area contributed by atoms with Crippen LogP contribution < -0.4 is 16.0 Å². The molecule has 0 spiro atoms. The van der Waals surface area contributed by atoms with Gasteiger partial charge in [-0.25, -0.2) is 9.78 Å². The van der Waals surface area contributed by atoms with Crippen molar-refractivity contribution in [2.45, 2.75) is 57.4 Å². The Labute approximate surface area is 228 Å². The molecule has 3 aromatic rings. The summed E-state index contributed by atoms with van der Waals surface area (Å²) in [7, 11) is 4.90. The number of carbonyl (C=O) groups excluding carboxylic acids is 3. The van der Waals surface area contributed by atoms with Crippen molar-refractivity contribution in [3.8, 4) is 0 Å². The molecule has 0 aliphatic heterocycles. The van der Waals surface area contributed by atoms with Crippen molar-refractivity contribution in [2.24, 2.45) is 0 Å². The third kappa shape index (κ3) is 7.24. The molecule has 208 valence electrons. The number of amides is 3. The topological polar surface area (TPSA) is 130 Å². The van der Waals surface area contributed by atoms with Gasteiger partial charge in [-0.05, 0) is 56.0 Å². The summed E-state index contributed by atoms with van der Waals surface area (Å²) in [6, 6.07) is 9.12. The molecule has 2 aromatic heterocycles. The molecule has 0 bridgehead atoms. The molecule has 11 nitrogen and oxygen atoms in total. The fraction of sp³-hybridized carbons (Fsp3) is 0.464. The minimum absolute atomic E-state index is 0.0416. The van der Waals surface area contributed by atoms with Gasteiger partial charge in [-0.1, -0.05) is 19.3 Å². The normalized spacial score (nSPS) is 13.3. The van der Waals surface area contributed by atoms with E-state index >= 15 is 0 Å². The van der Waals surface area contributed by atoms with Crippen molar-refractivity contribution < 1.29 is 19.1 Å². The Balaban J connectivity index is 1.36. The number of ether oxygens (including phenoxy) is 1. The number of esters is 1. The number of benzene rings is 1. The van der Waals surface area contributed by atoms with Crippen LogP contribution in [0.4, 0.5) is 22.1 Å². The van der Waals surface area contributed by atoms with Gasteiger partial charge in [0.15, 0.2) is 0 Å². The Hall–Kier alpha value is -4.15. The molecule has 3 amide bonds. The molecule has 1 aliphatic rings. The molecule has 1 saturated carbocycles. The van der Waals surface area contributed by atoms with E-state index < -0.39 is 0 Å². The minimum Gasteiger partial charge on any atom is -0.469 e. The van der Waals surface area contributed by atoms with Crippen molar-refractivity contribution >= 4 is 46.3 Å². The highest BCUT2D eigenvalue weighted by Crippen LogP contribution is 2.35. The zero-order chi connectivity index (χ0) is 27.8. The number of urea groups is 1. The van der Waals surface area contributed by atoms with Crippen molar-refractivity contribution in [2.75, 3.05) is 38.4 Å². The summed E-state index contributed by atoms with van der Waals surface area (Å²) in [6.07, 6.45) is 8.85. The first-order valence-corrected chi connectivity index (χ1v) is 13.4. The van der Waals surface area contributed by atoms with E-state index in [1.807, 2.05) is 18.2 Å². The molecule has 1 aliphatic carbocycles. The average Bonchev–Trinajstić information content (AvgIpc) is 3.58. The van der Waals surface area contributed by atoms with Gasteiger partial charge in [0, 0.05) is 56.1 Å². The maximum atomic E-state index is 12.9. The summed E-state index contributed by atoms with van der Waals surface area (Å²) in [5, 5.41) is 9.70. The molecule has 4 rings (SSSR count). The molecule has 39 heavy (non-hydrogen) atoms. The standard InChI is InChI=1S/C28H37N7O4/c1-34(2)26(37)23-17-19-18-30-27(33-25(19)35(23)22-9-6-7-10-22)31-20-12-14-21(15-13-20)32-28(38)29-16-8-4-5-11-24(36)39-3/h12-15,17-18,22H,4-11,16H2,1-3H3,(H2,29,32,38)(H,30,31,33). The van der Waals surface area contributed by atoms with E-state index in [2.05, 4.69) is 30.2 Å². The Bertz CT molecular complexity index is 1300. The molecule has 0 radical (unpaired) electrons. The predicted octanol–water partition coefficient (Wildman–Crippen LogP) is 4.85. The number of fused-ring (bicyclic) bond motifs is 1. The van der Waals surface area contributed by atoms with Gasteiger partial charge in [-0.15, -0.1) is 0 Å². The van der Waals surface area contributed by atoms with Crippen LogP contribution in [0.15, 0.2) is 36.5 Å². The fourth-order valence-electron chi connectivity index (χ4n) is 4.81. The van der Waals surface area contributed by atoms with E-state index in [9.17, 15) is 14.4 Å². The monoisotopic (exact) mass is 535 g/mol. The Morgan fingerprint density at radius 2 is 1.77 bits per heavy atom. The van der Waals surface area contributed by atoms with E-state index in [0.717, 1.165) is 61.7 Å². The zero-order valence-electron chi connectivity index (χ0n) is 22.8.